The van der Waals surface area contributed by atoms with Gasteiger partial charge in [0.15, 0.2) is 0 Å². The van der Waals surface area contributed by atoms with Crippen LogP contribution in [0.3, 0.4) is 0 Å². The first kappa shape index (κ1) is 10.6. The van der Waals surface area contributed by atoms with Crippen LogP contribution in [-0.4, -0.2) is 12.6 Å². The maximum Gasteiger partial charge on any atom is 0.293 e. The van der Waals surface area contributed by atoms with Crippen molar-refractivity contribution in [3.8, 4) is 0 Å². The van der Waals surface area contributed by atoms with E-state index in [9.17, 15) is 4.79 Å². The molecule has 1 rings (SSSR count). The lowest BCUT2D eigenvalue weighted by atomic mass is 9.99. The predicted molar refractivity (Wildman–Crippen MR) is 52.5 cm³/mol. The molecule has 13 heavy (non-hydrogen) atoms. The Morgan fingerprint density at radius 3 is 1.77 bits per heavy atom. The van der Waals surface area contributed by atoms with Crippen molar-refractivity contribution in [1.29, 1.82) is 0 Å². The van der Waals surface area contributed by atoms with Crippen molar-refractivity contribution < 1.29 is 9.53 Å². The molecule has 2 heteroatoms. The molecule has 0 unspecified atom stereocenters. The zero-order valence-electron chi connectivity index (χ0n) is 8.34. The zero-order valence-corrected chi connectivity index (χ0v) is 8.34. The first-order valence-corrected chi connectivity index (χ1v) is 5.52. The number of hydrogen-bond donors (Lipinski definition) is 0. The lowest BCUT2D eigenvalue weighted by molar-refractivity contribution is -0.134. The number of hydrogen-bond acceptors (Lipinski definition) is 2. The van der Waals surface area contributed by atoms with Crippen molar-refractivity contribution >= 4 is 6.47 Å². The second-order valence-electron chi connectivity index (χ2n) is 3.91. The third-order valence-electron chi connectivity index (χ3n) is 2.80. The van der Waals surface area contributed by atoms with E-state index in [0.29, 0.717) is 6.47 Å². The van der Waals surface area contributed by atoms with Gasteiger partial charge < -0.3 is 4.74 Å². The molecule has 0 aromatic rings. The maximum atomic E-state index is 10.2. The fourth-order valence-corrected chi connectivity index (χ4v) is 1.99. The van der Waals surface area contributed by atoms with Gasteiger partial charge in [0.05, 0.1) is 0 Å². The summed E-state index contributed by atoms with van der Waals surface area (Å²) in [6.45, 7) is 0.608. The molecule has 1 saturated carbocycles. The minimum absolute atomic E-state index is 0.204. The van der Waals surface area contributed by atoms with Gasteiger partial charge in [0.2, 0.25) is 0 Å². The second-order valence-corrected chi connectivity index (χ2v) is 3.91. The summed E-state index contributed by atoms with van der Waals surface area (Å²) in [6, 6.07) is 0. The van der Waals surface area contributed by atoms with Crippen molar-refractivity contribution in [2.24, 2.45) is 0 Å². The van der Waals surface area contributed by atoms with Crippen LogP contribution in [0, 0.1) is 0 Å². The molecule has 1 aliphatic rings. The molecular formula is C11H20O2. The van der Waals surface area contributed by atoms with E-state index in [1.807, 2.05) is 0 Å². The molecule has 1 fully saturated rings. The fraction of sp³-hybridized carbons (Fsp3) is 0.909. The Hall–Kier alpha value is -0.530. The minimum atomic E-state index is 0.204. The average molecular weight is 184 g/mol. The first-order chi connectivity index (χ1) is 6.43. The molecule has 0 spiro atoms. The Morgan fingerprint density at radius 1 is 0.846 bits per heavy atom. The summed E-state index contributed by atoms with van der Waals surface area (Å²) in [5.74, 6) is 0. The molecule has 0 aromatic carbocycles. The van der Waals surface area contributed by atoms with Gasteiger partial charge in [-0.2, -0.15) is 0 Å². The highest BCUT2D eigenvalue weighted by molar-refractivity contribution is 5.37. The monoisotopic (exact) mass is 184 g/mol. The van der Waals surface area contributed by atoms with Crippen LogP contribution in [0.2, 0.25) is 0 Å². The van der Waals surface area contributed by atoms with Crippen LogP contribution in [0.15, 0.2) is 0 Å². The van der Waals surface area contributed by atoms with Crippen molar-refractivity contribution in [3.05, 3.63) is 0 Å². The molecule has 0 radical (unpaired) electrons. The van der Waals surface area contributed by atoms with E-state index in [2.05, 4.69) is 0 Å². The van der Waals surface area contributed by atoms with Crippen molar-refractivity contribution in [3.63, 3.8) is 0 Å². The number of carbonyl (C=O) groups excluding carboxylic acids is 1. The van der Waals surface area contributed by atoms with E-state index in [1.54, 1.807) is 0 Å². The predicted octanol–water partition coefficient (Wildman–Crippen LogP) is 3.05. The van der Waals surface area contributed by atoms with Gasteiger partial charge in [-0.25, -0.2) is 0 Å². The van der Waals surface area contributed by atoms with Gasteiger partial charge >= 0.3 is 0 Å². The standard InChI is InChI=1S/C11H20O2/c12-10-13-11-8-6-4-2-1-3-5-7-9-11/h10-11H,1-9H2. The van der Waals surface area contributed by atoms with Gasteiger partial charge in [0, 0.05) is 0 Å². The fourth-order valence-electron chi connectivity index (χ4n) is 1.99. The number of rotatable bonds is 2. The normalized spacial score (nSPS) is 22.2. The quantitative estimate of drug-likeness (QED) is 0.616. The van der Waals surface area contributed by atoms with Crippen LogP contribution in [0.1, 0.15) is 57.8 Å². The molecule has 0 aliphatic heterocycles. The van der Waals surface area contributed by atoms with Gasteiger partial charge in [0.1, 0.15) is 6.10 Å². The summed E-state index contributed by atoms with van der Waals surface area (Å²) >= 11 is 0. The lowest BCUT2D eigenvalue weighted by Gasteiger charge is -2.16. The summed E-state index contributed by atoms with van der Waals surface area (Å²) in [6.07, 6.45) is 11.5. The highest BCUT2D eigenvalue weighted by Crippen LogP contribution is 2.18. The van der Waals surface area contributed by atoms with Crippen LogP contribution in [0.5, 0.6) is 0 Å². The molecule has 0 N–H and O–H groups in total. The molecule has 0 aromatic heterocycles. The van der Waals surface area contributed by atoms with E-state index in [0.717, 1.165) is 12.8 Å². The van der Waals surface area contributed by atoms with Crippen LogP contribution >= 0.6 is 0 Å². The second kappa shape index (κ2) is 6.93. The van der Waals surface area contributed by atoms with E-state index >= 15 is 0 Å². The summed E-state index contributed by atoms with van der Waals surface area (Å²) in [5, 5.41) is 0. The molecule has 1 aliphatic carbocycles. The largest absolute Gasteiger partial charge is 0.465 e. The van der Waals surface area contributed by atoms with E-state index < -0.39 is 0 Å². The summed E-state index contributed by atoms with van der Waals surface area (Å²) in [4.78, 5) is 10.2. The lowest BCUT2D eigenvalue weighted by Crippen LogP contribution is -2.12. The van der Waals surface area contributed by atoms with Crippen molar-refractivity contribution in [2.45, 2.75) is 63.9 Å². The topological polar surface area (TPSA) is 26.3 Å². The molecule has 76 valence electrons. The third kappa shape index (κ3) is 4.91. The maximum absolute atomic E-state index is 10.2. The molecule has 0 saturated heterocycles. The van der Waals surface area contributed by atoms with Crippen LogP contribution in [-0.2, 0) is 9.53 Å². The van der Waals surface area contributed by atoms with Gasteiger partial charge in [-0.3, -0.25) is 4.79 Å². The molecule has 0 bridgehead atoms. The van der Waals surface area contributed by atoms with Gasteiger partial charge in [-0.1, -0.05) is 32.1 Å². The smallest absolute Gasteiger partial charge is 0.293 e. The van der Waals surface area contributed by atoms with Gasteiger partial charge in [0.25, 0.3) is 6.47 Å². The summed E-state index contributed by atoms with van der Waals surface area (Å²) in [7, 11) is 0. The Bertz CT molecular complexity index is 124. The van der Waals surface area contributed by atoms with Crippen LogP contribution < -0.4 is 0 Å². The van der Waals surface area contributed by atoms with Gasteiger partial charge in [-0.15, -0.1) is 0 Å². The summed E-state index contributed by atoms with van der Waals surface area (Å²) < 4.78 is 5.03. The highest BCUT2D eigenvalue weighted by Gasteiger charge is 2.09. The number of carbonyl (C=O) groups is 1. The van der Waals surface area contributed by atoms with E-state index in [-0.39, 0.29) is 6.10 Å². The molecule has 0 atom stereocenters. The van der Waals surface area contributed by atoms with Crippen molar-refractivity contribution in [1.82, 2.24) is 0 Å². The first-order valence-electron chi connectivity index (χ1n) is 5.52. The Morgan fingerprint density at radius 2 is 1.31 bits per heavy atom. The highest BCUT2D eigenvalue weighted by atomic mass is 16.5. The molecule has 2 nitrogen and oxygen atoms in total. The van der Waals surface area contributed by atoms with Crippen molar-refractivity contribution in [2.75, 3.05) is 0 Å². The Labute approximate surface area is 80.7 Å². The SMILES string of the molecule is O=COC1CCCCCCCCC1. The molecule has 0 heterocycles. The molecule has 0 amide bonds. The average Bonchev–Trinajstić information content (AvgIpc) is 2.16. The third-order valence-corrected chi connectivity index (χ3v) is 2.80. The van der Waals surface area contributed by atoms with E-state index in [4.69, 9.17) is 4.74 Å². The Kier molecular flexibility index (Phi) is 5.62. The van der Waals surface area contributed by atoms with Crippen LogP contribution in [0.25, 0.3) is 0 Å². The minimum Gasteiger partial charge on any atom is -0.465 e. The number of ether oxygens (including phenoxy) is 1. The van der Waals surface area contributed by atoms with Gasteiger partial charge in [-0.05, 0) is 25.7 Å². The Balaban J connectivity index is 2.21. The van der Waals surface area contributed by atoms with E-state index in [1.165, 1.54) is 44.9 Å². The zero-order chi connectivity index (χ0) is 9.36. The van der Waals surface area contributed by atoms with Crippen LogP contribution in [0.4, 0.5) is 0 Å². The molecular weight excluding hydrogens is 164 g/mol. The summed E-state index contributed by atoms with van der Waals surface area (Å²) in [5.41, 5.74) is 0.